The SMILES string of the molecule is COc1ccc(COc2ccc(Br)cc2CBr)cc1C#N. The number of nitrogens with zero attached hydrogens (tertiary/aromatic N) is 1. The van der Waals surface area contributed by atoms with Gasteiger partial charge in [-0.1, -0.05) is 37.9 Å². The van der Waals surface area contributed by atoms with E-state index >= 15 is 0 Å². The summed E-state index contributed by atoms with van der Waals surface area (Å²) in [5.41, 5.74) is 2.50. The van der Waals surface area contributed by atoms with Crippen LogP contribution in [0.1, 0.15) is 16.7 Å². The second-order valence-corrected chi connectivity index (χ2v) is 5.80. The van der Waals surface area contributed by atoms with Gasteiger partial charge in [-0.25, -0.2) is 0 Å². The quantitative estimate of drug-likeness (QED) is 0.664. The molecular formula is C16H13Br2NO2. The molecule has 0 atom stereocenters. The van der Waals surface area contributed by atoms with Crippen LogP contribution in [0.2, 0.25) is 0 Å². The van der Waals surface area contributed by atoms with Gasteiger partial charge in [0.25, 0.3) is 0 Å². The summed E-state index contributed by atoms with van der Waals surface area (Å²) < 4.78 is 12.0. The van der Waals surface area contributed by atoms with E-state index in [4.69, 9.17) is 14.7 Å². The molecule has 0 aliphatic carbocycles. The molecule has 0 amide bonds. The molecule has 2 rings (SSSR count). The molecule has 108 valence electrons. The molecule has 2 aromatic carbocycles. The fraction of sp³-hybridized carbons (Fsp3) is 0.188. The van der Waals surface area contributed by atoms with E-state index in [2.05, 4.69) is 37.9 Å². The lowest BCUT2D eigenvalue weighted by molar-refractivity contribution is 0.303. The summed E-state index contributed by atoms with van der Waals surface area (Å²) in [7, 11) is 1.55. The van der Waals surface area contributed by atoms with Crippen molar-refractivity contribution < 1.29 is 9.47 Å². The van der Waals surface area contributed by atoms with Gasteiger partial charge in [-0.15, -0.1) is 0 Å². The van der Waals surface area contributed by atoms with Crippen LogP contribution >= 0.6 is 31.9 Å². The zero-order chi connectivity index (χ0) is 15.2. The molecule has 3 nitrogen and oxygen atoms in total. The monoisotopic (exact) mass is 409 g/mol. The summed E-state index contributed by atoms with van der Waals surface area (Å²) in [6.45, 7) is 0.403. The van der Waals surface area contributed by atoms with Crippen LogP contribution in [0.3, 0.4) is 0 Å². The number of methoxy groups -OCH3 is 1. The first-order valence-corrected chi connectivity index (χ1v) is 8.13. The van der Waals surface area contributed by atoms with Crippen molar-refractivity contribution >= 4 is 31.9 Å². The number of hydrogen-bond donors (Lipinski definition) is 0. The van der Waals surface area contributed by atoms with E-state index in [-0.39, 0.29) is 0 Å². The number of halogens is 2. The van der Waals surface area contributed by atoms with Crippen molar-refractivity contribution in [2.75, 3.05) is 7.11 Å². The molecule has 0 heterocycles. The second-order valence-electron chi connectivity index (χ2n) is 4.32. The third kappa shape index (κ3) is 3.99. The van der Waals surface area contributed by atoms with E-state index in [9.17, 15) is 0 Å². The molecular weight excluding hydrogens is 398 g/mol. The summed E-state index contributed by atoms with van der Waals surface area (Å²) in [5.74, 6) is 1.40. The van der Waals surface area contributed by atoms with Gasteiger partial charge >= 0.3 is 0 Å². The van der Waals surface area contributed by atoms with E-state index in [0.717, 1.165) is 21.3 Å². The Labute approximate surface area is 140 Å². The minimum absolute atomic E-state index is 0.403. The molecule has 0 bridgehead atoms. The molecule has 0 saturated heterocycles. The molecule has 5 heteroatoms. The van der Waals surface area contributed by atoms with Crippen LogP contribution in [0.4, 0.5) is 0 Å². The normalized spacial score (nSPS) is 10.0. The Morgan fingerprint density at radius 1 is 1.14 bits per heavy atom. The van der Waals surface area contributed by atoms with Gasteiger partial charge in [-0.05, 0) is 35.9 Å². The molecule has 0 unspecified atom stereocenters. The number of rotatable bonds is 5. The Morgan fingerprint density at radius 3 is 2.57 bits per heavy atom. The van der Waals surface area contributed by atoms with E-state index in [1.54, 1.807) is 19.2 Å². The van der Waals surface area contributed by atoms with E-state index in [0.29, 0.717) is 23.2 Å². The fourth-order valence-corrected chi connectivity index (χ4v) is 2.73. The van der Waals surface area contributed by atoms with Crippen LogP contribution < -0.4 is 9.47 Å². The molecule has 0 aromatic heterocycles. The highest BCUT2D eigenvalue weighted by Crippen LogP contribution is 2.26. The minimum Gasteiger partial charge on any atom is -0.495 e. The molecule has 0 fully saturated rings. The predicted octanol–water partition coefficient (Wildman–Crippen LogP) is 4.80. The average molecular weight is 411 g/mol. The number of benzene rings is 2. The molecule has 0 spiro atoms. The van der Waals surface area contributed by atoms with E-state index in [1.165, 1.54) is 0 Å². The van der Waals surface area contributed by atoms with Crippen LogP contribution in [0.15, 0.2) is 40.9 Å². The Balaban J connectivity index is 2.15. The number of alkyl halides is 1. The Hall–Kier alpha value is -1.51. The molecule has 0 aliphatic rings. The van der Waals surface area contributed by atoms with Crippen molar-refractivity contribution in [3.63, 3.8) is 0 Å². The topological polar surface area (TPSA) is 42.2 Å². The largest absolute Gasteiger partial charge is 0.495 e. The summed E-state index contributed by atoms with van der Waals surface area (Å²) in [6.07, 6.45) is 0. The van der Waals surface area contributed by atoms with Crippen LogP contribution in [-0.2, 0) is 11.9 Å². The average Bonchev–Trinajstić information content (AvgIpc) is 2.53. The van der Waals surface area contributed by atoms with Gasteiger partial charge in [0.15, 0.2) is 0 Å². The van der Waals surface area contributed by atoms with Gasteiger partial charge in [-0.2, -0.15) is 5.26 Å². The van der Waals surface area contributed by atoms with Gasteiger partial charge < -0.3 is 9.47 Å². The Bertz CT molecular complexity index is 680. The van der Waals surface area contributed by atoms with Gasteiger partial charge in [0.1, 0.15) is 24.2 Å². The first kappa shape index (κ1) is 15.9. The van der Waals surface area contributed by atoms with Crippen molar-refractivity contribution in [1.82, 2.24) is 0 Å². The highest BCUT2D eigenvalue weighted by molar-refractivity contribution is 9.10. The maximum Gasteiger partial charge on any atom is 0.136 e. The van der Waals surface area contributed by atoms with Gasteiger partial charge in [0.2, 0.25) is 0 Å². The standard InChI is InChI=1S/C16H13Br2NO2/c1-20-15-4-2-11(6-13(15)9-19)10-21-16-5-3-14(18)7-12(16)8-17/h2-7H,8,10H2,1H3. The first-order valence-electron chi connectivity index (χ1n) is 6.22. The van der Waals surface area contributed by atoms with Crippen LogP contribution in [0, 0.1) is 11.3 Å². The van der Waals surface area contributed by atoms with Crippen LogP contribution in [0.5, 0.6) is 11.5 Å². The summed E-state index contributed by atoms with van der Waals surface area (Å²) in [4.78, 5) is 0. The van der Waals surface area contributed by atoms with E-state index < -0.39 is 0 Å². The maximum atomic E-state index is 9.09. The summed E-state index contributed by atoms with van der Waals surface area (Å²) in [6, 6.07) is 13.5. The molecule has 0 saturated carbocycles. The number of nitriles is 1. The molecule has 2 aromatic rings. The molecule has 0 N–H and O–H groups in total. The predicted molar refractivity (Wildman–Crippen MR) is 88.8 cm³/mol. The lowest BCUT2D eigenvalue weighted by atomic mass is 10.1. The highest BCUT2D eigenvalue weighted by atomic mass is 79.9. The van der Waals surface area contributed by atoms with Crippen molar-refractivity contribution in [2.24, 2.45) is 0 Å². The smallest absolute Gasteiger partial charge is 0.136 e. The zero-order valence-electron chi connectivity index (χ0n) is 11.4. The second kappa shape index (κ2) is 7.48. The number of ether oxygens (including phenoxy) is 2. The maximum absolute atomic E-state index is 9.09. The third-order valence-electron chi connectivity index (χ3n) is 2.95. The van der Waals surface area contributed by atoms with Crippen LogP contribution in [0.25, 0.3) is 0 Å². The van der Waals surface area contributed by atoms with Crippen molar-refractivity contribution in [2.45, 2.75) is 11.9 Å². The Morgan fingerprint density at radius 2 is 1.90 bits per heavy atom. The fourth-order valence-electron chi connectivity index (χ4n) is 1.89. The van der Waals surface area contributed by atoms with Crippen molar-refractivity contribution in [3.05, 3.63) is 57.6 Å². The zero-order valence-corrected chi connectivity index (χ0v) is 14.6. The van der Waals surface area contributed by atoms with Gasteiger partial charge in [-0.3, -0.25) is 0 Å². The molecule has 21 heavy (non-hydrogen) atoms. The van der Waals surface area contributed by atoms with Crippen molar-refractivity contribution in [1.29, 1.82) is 5.26 Å². The summed E-state index contributed by atoms with van der Waals surface area (Å²) >= 11 is 6.89. The van der Waals surface area contributed by atoms with E-state index in [1.807, 2.05) is 24.3 Å². The van der Waals surface area contributed by atoms with Gasteiger partial charge in [0.05, 0.1) is 12.7 Å². The molecule has 0 aliphatic heterocycles. The first-order chi connectivity index (χ1) is 10.2. The van der Waals surface area contributed by atoms with Crippen LogP contribution in [-0.4, -0.2) is 7.11 Å². The third-order valence-corrected chi connectivity index (χ3v) is 4.04. The Kier molecular flexibility index (Phi) is 5.66. The van der Waals surface area contributed by atoms with Crippen molar-refractivity contribution in [3.8, 4) is 17.6 Å². The lowest BCUT2D eigenvalue weighted by Gasteiger charge is -2.11. The number of hydrogen-bond acceptors (Lipinski definition) is 3. The summed E-state index contributed by atoms with van der Waals surface area (Å²) in [5, 5.41) is 9.81. The minimum atomic E-state index is 0.403. The highest BCUT2D eigenvalue weighted by Gasteiger charge is 2.07. The lowest BCUT2D eigenvalue weighted by Crippen LogP contribution is -1.99. The van der Waals surface area contributed by atoms with Gasteiger partial charge in [0, 0.05) is 15.4 Å². The molecule has 0 radical (unpaired) electrons.